The number of hydrogen-bond acceptors (Lipinski definition) is 6. The molecule has 1 N–H and O–H groups in total. The number of aliphatic carboxylic acids is 1. The van der Waals surface area contributed by atoms with Crippen LogP contribution in [0.15, 0.2) is 59.0 Å². The zero-order valence-electron chi connectivity index (χ0n) is 18.1. The highest BCUT2D eigenvalue weighted by Crippen LogP contribution is 2.40. The van der Waals surface area contributed by atoms with Gasteiger partial charge in [-0.15, -0.1) is 0 Å². The van der Waals surface area contributed by atoms with Gasteiger partial charge in [-0.3, -0.25) is 0 Å². The summed E-state index contributed by atoms with van der Waals surface area (Å²) in [5.74, 6) is -0.522. The lowest BCUT2D eigenvalue weighted by Gasteiger charge is -2.34. The molecule has 0 bridgehead atoms. The molecule has 3 aromatic carbocycles. The molecule has 5 rings (SSSR count). The summed E-state index contributed by atoms with van der Waals surface area (Å²) < 4.78 is 30.9. The van der Waals surface area contributed by atoms with Gasteiger partial charge in [-0.05, 0) is 29.8 Å². The Morgan fingerprint density at radius 3 is 2.85 bits per heavy atom. The van der Waals surface area contributed by atoms with Crippen molar-refractivity contribution >= 4 is 34.7 Å². The maximum absolute atomic E-state index is 13.6. The van der Waals surface area contributed by atoms with E-state index in [0.29, 0.717) is 22.0 Å². The number of oxazole rings is 1. The minimum absolute atomic E-state index is 0.119. The largest absolute Gasteiger partial charge is 0.493 e. The topological polar surface area (TPSA) is 85.0 Å². The third kappa shape index (κ3) is 4.01. The standard InChI is InChI=1S/C25H20ClFN2O5/c1-32-21-9-6-14-12-29(25-28-19-8-7-16(27)10-22(19)34-25)20(24(30)31)11-17(14)23(21)33-13-15-4-2-3-5-18(15)26/h2-10,20H,11-13H2,1H3,(H,30,31). The monoisotopic (exact) mass is 482 g/mol. The van der Waals surface area contributed by atoms with Crippen LogP contribution in [0.4, 0.5) is 10.4 Å². The van der Waals surface area contributed by atoms with Gasteiger partial charge < -0.3 is 23.9 Å². The zero-order valence-corrected chi connectivity index (χ0v) is 18.9. The second kappa shape index (κ2) is 8.87. The van der Waals surface area contributed by atoms with E-state index >= 15 is 0 Å². The van der Waals surface area contributed by atoms with Crippen LogP contribution in [0, 0.1) is 5.82 Å². The SMILES string of the molecule is COc1ccc2c(c1OCc1ccccc1Cl)CC(C(=O)O)N(c1nc3ccc(F)cc3o1)C2. The molecule has 0 aliphatic carbocycles. The Balaban J connectivity index is 1.52. The number of nitrogens with zero attached hydrogens (tertiary/aromatic N) is 2. The van der Waals surface area contributed by atoms with E-state index in [4.69, 9.17) is 25.5 Å². The van der Waals surface area contributed by atoms with Gasteiger partial charge in [0.1, 0.15) is 24.0 Å². The van der Waals surface area contributed by atoms with Gasteiger partial charge in [0.2, 0.25) is 0 Å². The molecule has 0 spiro atoms. The normalized spacial score (nSPS) is 15.3. The first-order chi connectivity index (χ1) is 16.4. The molecule has 1 aromatic heterocycles. The van der Waals surface area contributed by atoms with E-state index in [0.717, 1.165) is 16.7 Å². The van der Waals surface area contributed by atoms with Crippen molar-refractivity contribution in [3.63, 3.8) is 0 Å². The molecule has 0 saturated carbocycles. The van der Waals surface area contributed by atoms with E-state index < -0.39 is 17.8 Å². The van der Waals surface area contributed by atoms with Crippen molar-refractivity contribution in [3.8, 4) is 11.5 Å². The average molecular weight is 483 g/mol. The summed E-state index contributed by atoms with van der Waals surface area (Å²) in [6.07, 6.45) is 0.132. The van der Waals surface area contributed by atoms with Crippen LogP contribution in [0.1, 0.15) is 16.7 Å². The molecule has 1 aliphatic heterocycles. The maximum atomic E-state index is 13.6. The fourth-order valence-electron chi connectivity index (χ4n) is 4.13. The maximum Gasteiger partial charge on any atom is 0.326 e. The van der Waals surface area contributed by atoms with E-state index in [-0.39, 0.29) is 31.2 Å². The van der Waals surface area contributed by atoms with Crippen LogP contribution in [0.25, 0.3) is 11.1 Å². The van der Waals surface area contributed by atoms with Crippen molar-refractivity contribution in [3.05, 3.63) is 82.1 Å². The molecule has 1 aliphatic rings. The van der Waals surface area contributed by atoms with Crippen LogP contribution in [0.2, 0.25) is 5.02 Å². The molecule has 1 unspecified atom stereocenters. The van der Waals surface area contributed by atoms with E-state index in [1.807, 2.05) is 24.3 Å². The van der Waals surface area contributed by atoms with E-state index in [1.165, 1.54) is 25.3 Å². The number of carboxylic acids is 1. The molecule has 2 heterocycles. The molecule has 0 saturated heterocycles. The molecule has 174 valence electrons. The molecular formula is C25H20ClFN2O5. The number of methoxy groups -OCH3 is 1. The van der Waals surface area contributed by atoms with Gasteiger partial charge in [0.15, 0.2) is 17.1 Å². The first kappa shape index (κ1) is 22.0. The van der Waals surface area contributed by atoms with Crippen molar-refractivity contribution in [1.29, 1.82) is 0 Å². The summed E-state index contributed by atoms with van der Waals surface area (Å²) in [7, 11) is 1.53. The Morgan fingerprint density at radius 2 is 2.09 bits per heavy atom. The number of halogens is 2. The van der Waals surface area contributed by atoms with E-state index in [1.54, 1.807) is 17.0 Å². The lowest BCUT2D eigenvalue weighted by atomic mass is 9.93. The van der Waals surface area contributed by atoms with Gasteiger partial charge in [0.25, 0.3) is 6.01 Å². The molecule has 1 atom stereocenters. The van der Waals surface area contributed by atoms with Crippen molar-refractivity contribution in [2.45, 2.75) is 25.6 Å². The summed E-state index contributed by atoms with van der Waals surface area (Å²) >= 11 is 6.27. The summed E-state index contributed by atoms with van der Waals surface area (Å²) in [4.78, 5) is 18.2. The smallest absolute Gasteiger partial charge is 0.326 e. The fourth-order valence-corrected chi connectivity index (χ4v) is 4.32. The predicted molar refractivity (Wildman–Crippen MR) is 124 cm³/mol. The minimum Gasteiger partial charge on any atom is -0.493 e. The molecule has 0 fully saturated rings. The summed E-state index contributed by atoms with van der Waals surface area (Å²) in [6, 6.07) is 14.1. The summed E-state index contributed by atoms with van der Waals surface area (Å²) in [6.45, 7) is 0.415. The number of hydrogen-bond donors (Lipinski definition) is 1. The molecule has 34 heavy (non-hydrogen) atoms. The molecule has 0 radical (unpaired) electrons. The summed E-state index contributed by atoms with van der Waals surface area (Å²) in [5, 5.41) is 10.6. The Bertz CT molecular complexity index is 1390. The molecule has 4 aromatic rings. The minimum atomic E-state index is -1.04. The molecule has 0 amide bonds. The second-order valence-electron chi connectivity index (χ2n) is 7.91. The third-order valence-electron chi connectivity index (χ3n) is 5.86. The van der Waals surface area contributed by atoms with Gasteiger partial charge in [-0.1, -0.05) is 35.9 Å². The van der Waals surface area contributed by atoms with Crippen molar-refractivity contribution in [2.24, 2.45) is 0 Å². The molecule has 9 heteroatoms. The Morgan fingerprint density at radius 1 is 1.26 bits per heavy atom. The van der Waals surface area contributed by atoms with Gasteiger partial charge >= 0.3 is 5.97 Å². The van der Waals surface area contributed by atoms with Crippen LogP contribution < -0.4 is 14.4 Å². The molecule has 7 nitrogen and oxygen atoms in total. The quantitative estimate of drug-likeness (QED) is 0.403. The number of carbonyl (C=O) groups is 1. The number of ether oxygens (including phenoxy) is 2. The highest BCUT2D eigenvalue weighted by molar-refractivity contribution is 6.31. The van der Waals surface area contributed by atoms with Gasteiger partial charge in [-0.25, -0.2) is 9.18 Å². The third-order valence-corrected chi connectivity index (χ3v) is 6.22. The first-order valence-corrected chi connectivity index (χ1v) is 10.9. The lowest BCUT2D eigenvalue weighted by molar-refractivity contribution is -0.138. The number of aromatic nitrogens is 1. The second-order valence-corrected chi connectivity index (χ2v) is 8.32. The summed E-state index contributed by atoms with van der Waals surface area (Å²) in [5.41, 5.74) is 3.08. The van der Waals surface area contributed by atoms with Crippen molar-refractivity contribution in [2.75, 3.05) is 12.0 Å². The van der Waals surface area contributed by atoms with E-state index in [9.17, 15) is 14.3 Å². The van der Waals surface area contributed by atoms with Crippen LogP contribution in [-0.4, -0.2) is 29.2 Å². The van der Waals surface area contributed by atoms with Crippen LogP contribution in [0.3, 0.4) is 0 Å². The number of benzene rings is 3. The fraction of sp³-hybridized carbons (Fsp3) is 0.200. The Kier molecular flexibility index (Phi) is 5.75. The number of carboxylic acid groups (broad SMARTS) is 1. The van der Waals surface area contributed by atoms with Gasteiger partial charge in [0.05, 0.1) is 7.11 Å². The first-order valence-electron chi connectivity index (χ1n) is 10.5. The highest BCUT2D eigenvalue weighted by atomic mass is 35.5. The van der Waals surface area contributed by atoms with Crippen LogP contribution in [0.5, 0.6) is 11.5 Å². The lowest BCUT2D eigenvalue weighted by Crippen LogP contribution is -2.46. The highest BCUT2D eigenvalue weighted by Gasteiger charge is 2.36. The van der Waals surface area contributed by atoms with Crippen LogP contribution in [-0.2, 0) is 24.4 Å². The molecular weight excluding hydrogens is 463 g/mol. The van der Waals surface area contributed by atoms with Crippen LogP contribution >= 0.6 is 11.6 Å². The van der Waals surface area contributed by atoms with Gasteiger partial charge in [-0.2, -0.15) is 4.98 Å². The predicted octanol–water partition coefficient (Wildman–Crippen LogP) is 5.22. The average Bonchev–Trinajstić information content (AvgIpc) is 3.25. The Labute approximate surface area is 199 Å². The number of fused-ring (bicyclic) bond motifs is 2. The number of rotatable bonds is 6. The van der Waals surface area contributed by atoms with Gasteiger partial charge in [0, 0.05) is 35.2 Å². The number of anilines is 1. The van der Waals surface area contributed by atoms with Crippen molar-refractivity contribution < 1.29 is 28.2 Å². The Hall–Kier alpha value is -3.78. The zero-order chi connectivity index (χ0) is 23.8. The van der Waals surface area contributed by atoms with E-state index in [2.05, 4.69) is 4.98 Å². The van der Waals surface area contributed by atoms with Crippen molar-refractivity contribution in [1.82, 2.24) is 4.98 Å².